The molecule has 2 heterocycles. The van der Waals surface area contributed by atoms with E-state index in [9.17, 15) is 9.18 Å². The first kappa shape index (κ1) is 10.1. The fourth-order valence-electron chi connectivity index (χ4n) is 2.31. The summed E-state index contributed by atoms with van der Waals surface area (Å²) in [5.74, 6) is 0.504. The fourth-order valence-corrected chi connectivity index (χ4v) is 2.31. The minimum atomic E-state index is -0.262. The van der Waals surface area contributed by atoms with Crippen LogP contribution in [0.25, 0.3) is 0 Å². The third kappa shape index (κ3) is 1.46. The third-order valence-electron chi connectivity index (χ3n) is 3.19. The third-order valence-corrected chi connectivity index (χ3v) is 3.19. The Morgan fingerprint density at radius 3 is 2.76 bits per heavy atom. The van der Waals surface area contributed by atoms with Gasteiger partial charge in [0.2, 0.25) is 0 Å². The predicted octanol–water partition coefficient (Wildman–Crippen LogP) is 1.41. The van der Waals surface area contributed by atoms with E-state index in [0.29, 0.717) is 6.54 Å². The van der Waals surface area contributed by atoms with Crippen molar-refractivity contribution in [1.82, 2.24) is 9.78 Å². The van der Waals surface area contributed by atoms with E-state index in [1.807, 2.05) is 0 Å². The second-order valence-electron chi connectivity index (χ2n) is 4.25. The molecule has 0 bridgehead atoms. The van der Waals surface area contributed by atoms with Crippen LogP contribution in [0.15, 0.2) is 29.1 Å². The van der Waals surface area contributed by atoms with E-state index in [4.69, 9.17) is 0 Å². The molecular formula is C12H12FN3O. The molecule has 1 aliphatic rings. The molecule has 0 radical (unpaired) electrons. The molecule has 17 heavy (non-hydrogen) atoms. The van der Waals surface area contributed by atoms with Crippen molar-refractivity contribution in [1.29, 1.82) is 0 Å². The summed E-state index contributed by atoms with van der Waals surface area (Å²) in [6.07, 6.45) is 0. The largest absolute Gasteiger partial charge is 0.369 e. The summed E-state index contributed by atoms with van der Waals surface area (Å²) >= 11 is 0. The first-order chi connectivity index (χ1) is 8.16. The highest BCUT2D eigenvalue weighted by molar-refractivity contribution is 5.55. The lowest BCUT2D eigenvalue weighted by Crippen LogP contribution is -2.19. The first-order valence-electron chi connectivity index (χ1n) is 5.45. The van der Waals surface area contributed by atoms with E-state index in [1.54, 1.807) is 19.2 Å². The van der Waals surface area contributed by atoms with Gasteiger partial charge in [0, 0.05) is 19.5 Å². The standard InChI is InChI=1S/C12H12FN3O/c1-16-12(17)10-9(6-14-11(10)15-16)7-2-4-8(13)5-3-7/h2-5,9,14-15H,6H2,1H3. The molecule has 0 fully saturated rings. The highest BCUT2D eigenvalue weighted by Crippen LogP contribution is 2.32. The number of aromatic amines is 1. The van der Waals surface area contributed by atoms with Crippen LogP contribution in [-0.2, 0) is 7.05 Å². The smallest absolute Gasteiger partial charge is 0.272 e. The number of halogens is 1. The molecular weight excluding hydrogens is 221 g/mol. The predicted molar refractivity (Wildman–Crippen MR) is 62.8 cm³/mol. The minimum absolute atomic E-state index is 0.00412. The van der Waals surface area contributed by atoms with Crippen molar-refractivity contribution in [3.63, 3.8) is 0 Å². The van der Waals surface area contributed by atoms with Gasteiger partial charge >= 0.3 is 0 Å². The molecule has 2 aromatic rings. The van der Waals surface area contributed by atoms with Gasteiger partial charge in [-0.25, -0.2) is 4.39 Å². The number of benzene rings is 1. The quantitative estimate of drug-likeness (QED) is 0.782. The molecule has 0 saturated carbocycles. The van der Waals surface area contributed by atoms with Gasteiger partial charge in [0.15, 0.2) is 0 Å². The van der Waals surface area contributed by atoms with Gasteiger partial charge in [-0.05, 0) is 17.7 Å². The van der Waals surface area contributed by atoms with E-state index in [-0.39, 0.29) is 17.3 Å². The van der Waals surface area contributed by atoms with Crippen LogP contribution >= 0.6 is 0 Å². The summed E-state index contributed by atoms with van der Waals surface area (Å²) in [6.45, 7) is 0.670. The van der Waals surface area contributed by atoms with Gasteiger partial charge in [0.25, 0.3) is 5.56 Å². The number of hydrogen-bond donors (Lipinski definition) is 2. The molecule has 1 atom stereocenters. The fraction of sp³-hybridized carbons (Fsp3) is 0.250. The molecule has 2 N–H and O–H groups in total. The molecule has 88 valence electrons. The van der Waals surface area contributed by atoms with Crippen LogP contribution in [0, 0.1) is 5.82 Å². The van der Waals surface area contributed by atoms with Crippen molar-refractivity contribution in [2.45, 2.75) is 5.92 Å². The highest BCUT2D eigenvalue weighted by atomic mass is 19.1. The minimum Gasteiger partial charge on any atom is -0.369 e. The Balaban J connectivity index is 2.09. The maximum atomic E-state index is 12.9. The van der Waals surface area contributed by atoms with Crippen molar-refractivity contribution >= 4 is 5.82 Å². The van der Waals surface area contributed by atoms with Crippen LogP contribution in [-0.4, -0.2) is 16.3 Å². The Hall–Kier alpha value is -2.04. The van der Waals surface area contributed by atoms with Gasteiger partial charge in [-0.3, -0.25) is 14.6 Å². The number of anilines is 1. The van der Waals surface area contributed by atoms with Gasteiger partial charge in [-0.15, -0.1) is 0 Å². The number of rotatable bonds is 1. The van der Waals surface area contributed by atoms with E-state index in [1.165, 1.54) is 16.8 Å². The summed E-state index contributed by atoms with van der Waals surface area (Å²) < 4.78 is 14.3. The molecule has 1 aromatic carbocycles. The SMILES string of the molecule is Cn1[nH]c2c(c1=O)C(c1ccc(F)cc1)CN2. The van der Waals surface area contributed by atoms with Crippen molar-refractivity contribution in [2.75, 3.05) is 11.9 Å². The second-order valence-corrected chi connectivity index (χ2v) is 4.25. The second kappa shape index (κ2) is 3.48. The first-order valence-corrected chi connectivity index (χ1v) is 5.45. The molecule has 1 unspecified atom stereocenters. The maximum absolute atomic E-state index is 12.9. The number of aromatic nitrogens is 2. The lowest BCUT2D eigenvalue weighted by Gasteiger charge is -2.08. The highest BCUT2D eigenvalue weighted by Gasteiger charge is 2.29. The average Bonchev–Trinajstić information content (AvgIpc) is 2.83. The number of H-pyrrole nitrogens is 1. The van der Waals surface area contributed by atoms with Gasteiger partial charge in [0.1, 0.15) is 11.6 Å². The molecule has 3 rings (SSSR count). The zero-order chi connectivity index (χ0) is 12.0. The van der Waals surface area contributed by atoms with Crippen molar-refractivity contribution in [3.05, 3.63) is 51.6 Å². The number of nitrogens with zero attached hydrogens (tertiary/aromatic N) is 1. The number of nitrogens with one attached hydrogen (secondary N) is 2. The molecule has 0 spiro atoms. The van der Waals surface area contributed by atoms with Crippen LogP contribution in [0.3, 0.4) is 0 Å². The molecule has 0 amide bonds. The summed E-state index contributed by atoms with van der Waals surface area (Å²) in [5.41, 5.74) is 1.66. The zero-order valence-electron chi connectivity index (χ0n) is 9.33. The Kier molecular flexibility index (Phi) is 2.07. The summed E-state index contributed by atoms with van der Waals surface area (Å²) in [4.78, 5) is 11.9. The van der Waals surface area contributed by atoms with E-state index in [0.717, 1.165) is 16.9 Å². The van der Waals surface area contributed by atoms with Gasteiger partial charge in [-0.1, -0.05) is 12.1 Å². The number of fused-ring (bicyclic) bond motifs is 1. The van der Waals surface area contributed by atoms with Crippen molar-refractivity contribution < 1.29 is 4.39 Å². The van der Waals surface area contributed by atoms with Crippen LogP contribution in [0.5, 0.6) is 0 Å². The Bertz CT molecular complexity index is 612. The summed E-state index contributed by atoms with van der Waals surface area (Å²) in [7, 11) is 1.68. The van der Waals surface area contributed by atoms with Crippen LogP contribution in [0.2, 0.25) is 0 Å². The molecule has 1 aromatic heterocycles. The normalized spacial score (nSPS) is 17.9. The van der Waals surface area contributed by atoms with Crippen LogP contribution in [0.1, 0.15) is 17.0 Å². The van der Waals surface area contributed by atoms with Gasteiger partial charge in [-0.2, -0.15) is 0 Å². The van der Waals surface area contributed by atoms with E-state index >= 15 is 0 Å². The van der Waals surface area contributed by atoms with E-state index < -0.39 is 0 Å². The monoisotopic (exact) mass is 233 g/mol. The zero-order valence-corrected chi connectivity index (χ0v) is 9.33. The van der Waals surface area contributed by atoms with Gasteiger partial charge in [0.05, 0.1) is 5.56 Å². The molecule has 4 nitrogen and oxygen atoms in total. The Morgan fingerprint density at radius 1 is 1.35 bits per heavy atom. The van der Waals surface area contributed by atoms with Crippen molar-refractivity contribution in [3.8, 4) is 0 Å². The van der Waals surface area contributed by atoms with Crippen LogP contribution < -0.4 is 10.9 Å². The summed E-state index contributed by atoms with van der Waals surface area (Å²) in [5, 5.41) is 6.11. The lowest BCUT2D eigenvalue weighted by molar-refractivity contribution is 0.626. The van der Waals surface area contributed by atoms with Crippen LogP contribution in [0.4, 0.5) is 10.2 Å². The lowest BCUT2D eigenvalue weighted by atomic mass is 9.95. The molecule has 0 aliphatic carbocycles. The van der Waals surface area contributed by atoms with E-state index in [2.05, 4.69) is 10.4 Å². The molecule has 0 saturated heterocycles. The number of hydrogen-bond acceptors (Lipinski definition) is 2. The maximum Gasteiger partial charge on any atom is 0.272 e. The average molecular weight is 233 g/mol. The Morgan fingerprint density at radius 2 is 2.06 bits per heavy atom. The summed E-state index contributed by atoms with van der Waals surface area (Å²) in [6, 6.07) is 6.29. The van der Waals surface area contributed by atoms with Crippen molar-refractivity contribution in [2.24, 2.45) is 7.05 Å². The molecule has 5 heteroatoms. The van der Waals surface area contributed by atoms with Gasteiger partial charge < -0.3 is 5.32 Å². The topological polar surface area (TPSA) is 49.8 Å². The Labute approximate surface area is 97.1 Å². The molecule has 1 aliphatic heterocycles. The number of aryl methyl sites for hydroxylation is 1.